The van der Waals surface area contributed by atoms with Crippen LogP contribution in [0.1, 0.15) is 32.6 Å². The Balaban J connectivity index is 4.13. The van der Waals surface area contributed by atoms with Gasteiger partial charge in [-0.2, -0.15) is 13.2 Å². The molecule has 0 radical (unpaired) electrons. The zero-order valence-corrected chi connectivity index (χ0v) is 7.49. The van der Waals surface area contributed by atoms with E-state index in [2.05, 4.69) is 0 Å². The Morgan fingerprint density at radius 2 is 1.62 bits per heavy atom. The second-order valence-electron chi connectivity index (χ2n) is 3.08. The molecular formula is C8H14F4O. The van der Waals surface area contributed by atoms with Crippen molar-refractivity contribution in [3.63, 3.8) is 0 Å². The van der Waals surface area contributed by atoms with Gasteiger partial charge in [-0.25, -0.2) is 4.39 Å². The first-order valence-electron chi connectivity index (χ1n) is 4.24. The van der Waals surface area contributed by atoms with E-state index in [1.807, 2.05) is 6.92 Å². The van der Waals surface area contributed by atoms with E-state index in [4.69, 9.17) is 5.11 Å². The lowest BCUT2D eigenvalue weighted by molar-refractivity contribution is -0.243. The van der Waals surface area contributed by atoms with Crippen molar-refractivity contribution in [2.45, 2.75) is 44.5 Å². The molecule has 13 heavy (non-hydrogen) atoms. The minimum absolute atomic E-state index is 0.146. The SMILES string of the molecule is CCCCCC(F)(CO)C(F)(F)F. The normalized spacial score (nSPS) is 17.1. The molecule has 0 aliphatic carbocycles. The minimum atomic E-state index is -4.96. The highest BCUT2D eigenvalue weighted by Gasteiger charge is 2.54. The van der Waals surface area contributed by atoms with E-state index in [0.29, 0.717) is 6.42 Å². The van der Waals surface area contributed by atoms with E-state index in [1.165, 1.54) is 0 Å². The van der Waals surface area contributed by atoms with Crippen LogP contribution in [-0.4, -0.2) is 23.6 Å². The number of aliphatic hydroxyl groups excluding tert-OH is 1. The molecule has 80 valence electrons. The smallest absolute Gasteiger partial charge is 0.393 e. The highest BCUT2D eigenvalue weighted by atomic mass is 19.4. The lowest BCUT2D eigenvalue weighted by Crippen LogP contribution is -2.44. The maximum absolute atomic E-state index is 13.0. The van der Waals surface area contributed by atoms with Crippen molar-refractivity contribution < 1.29 is 22.7 Å². The molecule has 0 saturated carbocycles. The van der Waals surface area contributed by atoms with Crippen LogP contribution in [0.2, 0.25) is 0 Å². The summed E-state index contributed by atoms with van der Waals surface area (Å²) < 4.78 is 49.0. The average Bonchev–Trinajstić information content (AvgIpc) is 2.02. The summed E-state index contributed by atoms with van der Waals surface area (Å²) in [6.45, 7) is 0.326. The molecule has 0 heterocycles. The molecule has 0 aliphatic heterocycles. The molecule has 1 atom stereocenters. The molecule has 0 spiro atoms. The predicted octanol–water partition coefficient (Wildman–Crippen LogP) is 2.83. The molecule has 0 bridgehead atoms. The number of unbranched alkanes of at least 4 members (excludes halogenated alkanes) is 2. The number of hydrogen-bond acceptors (Lipinski definition) is 1. The number of aliphatic hydroxyl groups is 1. The molecule has 0 aliphatic rings. The first-order valence-corrected chi connectivity index (χ1v) is 4.24. The van der Waals surface area contributed by atoms with Crippen LogP contribution >= 0.6 is 0 Å². The number of alkyl halides is 4. The van der Waals surface area contributed by atoms with Crippen LogP contribution in [-0.2, 0) is 0 Å². The third-order valence-corrected chi connectivity index (χ3v) is 1.94. The molecule has 0 saturated heterocycles. The first-order chi connectivity index (χ1) is 5.87. The molecule has 0 fully saturated rings. The monoisotopic (exact) mass is 202 g/mol. The second kappa shape index (κ2) is 4.79. The van der Waals surface area contributed by atoms with Crippen LogP contribution in [0.3, 0.4) is 0 Å². The van der Waals surface area contributed by atoms with Crippen molar-refractivity contribution in [3.05, 3.63) is 0 Å². The summed E-state index contributed by atoms with van der Waals surface area (Å²) in [5.74, 6) is 0. The summed E-state index contributed by atoms with van der Waals surface area (Å²) in [4.78, 5) is 0. The number of hydrogen-bond donors (Lipinski definition) is 1. The lowest BCUT2D eigenvalue weighted by Gasteiger charge is -2.25. The standard InChI is InChI=1S/C8H14F4O/c1-2-3-4-5-7(9,6-13)8(10,11)12/h13H,2-6H2,1H3. The molecular weight excluding hydrogens is 188 g/mol. The zero-order chi connectivity index (χ0) is 10.5. The highest BCUT2D eigenvalue weighted by Crippen LogP contribution is 2.37. The van der Waals surface area contributed by atoms with Gasteiger partial charge in [0.05, 0.1) is 6.61 Å². The third kappa shape index (κ3) is 3.50. The van der Waals surface area contributed by atoms with Crippen LogP contribution in [0.5, 0.6) is 0 Å². The fourth-order valence-electron chi connectivity index (χ4n) is 0.966. The molecule has 0 aromatic heterocycles. The summed E-state index contributed by atoms with van der Waals surface area (Å²) >= 11 is 0. The molecule has 5 heteroatoms. The Morgan fingerprint density at radius 1 is 1.08 bits per heavy atom. The summed E-state index contributed by atoms with van der Waals surface area (Å²) in [5, 5.41) is 8.33. The van der Waals surface area contributed by atoms with Gasteiger partial charge in [-0.15, -0.1) is 0 Å². The molecule has 0 aromatic carbocycles. The molecule has 0 aromatic rings. The van der Waals surface area contributed by atoms with Crippen LogP contribution in [0, 0.1) is 0 Å². The van der Waals surface area contributed by atoms with Gasteiger partial charge in [-0.1, -0.05) is 19.8 Å². The van der Waals surface area contributed by atoms with Crippen molar-refractivity contribution in [2.24, 2.45) is 0 Å². The zero-order valence-electron chi connectivity index (χ0n) is 7.49. The summed E-state index contributed by atoms with van der Waals surface area (Å²) in [5.41, 5.74) is -3.41. The molecule has 0 amide bonds. The second-order valence-corrected chi connectivity index (χ2v) is 3.08. The van der Waals surface area contributed by atoms with Gasteiger partial charge in [0.1, 0.15) is 0 Å². The topological polar surface area (TPSA) is 20.2 Å². The Labute approximate surface area is 74.8 Å². The molecule has 1 N–H and O–H groups in total. The Kier molecular flexibility index (Phi) is 4.67. The summed E-state index contributed by atoms with van der Waals surface area (Å²) in [6, 6.07) is 0. The highest BCUT2D eigenvalue weighted by molar-refractivity contribution is 4.86. The van der Waals surface area contributed by atoms with Crippen molar-refractivity contribution in [1.82, 2.24) is 0 Å². The number of halogens is 4. The Hall–Kier alpha value is -0.320. The number of rotatable bonds is 5. The molecule has 1 unspecified atom stereocenters. The summed E-state index contributed by atoms with van der Waals surface area (Å²) in [7, 11) is 0. The van der Waals surface area contributed by atoms with Gasteiger partial charge < -0.3 is 5.11 Å². The lowest BCUT2D eigenvalue weighted by atomic mass is 9.98. The van der Waals surface area contributed by atoms with E-state index < -0.39 is 24.9 Å². The molecule has 1 nitrogen and oxygen atoms in total. The largest absolute Gasteiger partial charge is 0.424 e. The van der Waals surface area contributed by atoms with E-state index in [9.17, 15) is 17.6 Å². The quantitative estimate of drug-likeness (QED) is 0.537. The van der Waals surface area contributed by atoms with Gasteiger partial charge in [0.15, 0.2) is 0 Å². The van der Waals surface area contributed by atoms with E-state index in [-0.39, 0.29) is 6.42 Å². The van der Waals surface area contributed by atoms with Crippen molar-refractivity contribution in [1.29, 1.82) is 0 Å². The Morgan fingerprint density at radius 3 is 1.92 bits per heavy atom. The van der Waals surface area contributed by atoms with Crippen LogP contribution in [0.15, 0.2) is 0 Å². The van der Waals surface area contributed by atoms with Gasteiger partial charge in [-0.3, -0.25) is 0 Å². The fourth-order valence-corrected chi connectivity index (χ4v) is 0.966. The first kappa shape index (κ1) is 12.7. The van der Waals surface area contributed by atoms with E-state index in [0.717, 1.165) is 6.42 Å². The van der Waals surface area contributed by atoms with Crippen molar-refractivity contribution >= 4 is 0 Å². The van der Waals surface area contributed by atoms with Gasteiger partial charge in [0, 0.05) is 0 Å². The maximum atomic E-state index is 13.0. The van der Waals surface area contributed by atoms with Gasteiger partial charge in [0.2, 0.25) is 5.67 Å². The molecule has 0 rings (SSSR count). The van der Waals surface area contributed by atoms with Crippen LogP contribution in [0.4, 0.5) is 17.6 Å². The average molecular weight is 202 g/mol. The van der Waals surface area contributed by atoms with Gasteiger partial charge in [-0.05, 0) is 12.8 Å². The van der Waals surface area contributed by atoms with Crippen LogP contribution in [0.25, 0.3) is 0 Å². The minimum Gasteiger partial charge on any atom is -0.393 e. The fraction of sp³-hybridized carbons (Fsp3) is 1.00. The van der Waals surface area contributed by atoms with Crippen molar-refractivity contribution in [3.8, 4) is 0 Å². The van der Waals surface area contributed by atoms with E-state index >= 15 is 0 Å². The van der Waals surface area contributed by atoms with E-state index in [1.54, 1.807) is 0 Å². The van der Waals surface area contributed by atoms with Crippen LogP contribution < -0.4 is 0 Å². The van der Waals surface area contributed by atoms with Gasteiger partial charge in [0.25, 0.3) is 0 Å². The van der Waals surface area contributed by atoms with Gasteiger partial charge >= 0.3 is 6.18 Å². The summed E-state index contributed by atoms with van der Waals surface area (Å²) in [6.07, 6.45) is -4.20. The maximum Gasteiger partial charge on any atom is 0.424 e. The third-order valence-electron chi connectivity index (χ3n) is 1.94. The Bertz CT molecular complexity index is 146. The predicted molar refractivity (Wildman–Crippen MR) is 41.1 cm³/mol. The van der Waals surface area contributed by atoms with Crippen molar-refractivity contribution in [2.75, 3.05) is 6.61 Å².